The number of nitriles is 1. The molecule has 0 saturated heterocycles. The maximum atomic E-state index is 13.1. The van der Waals surface area contributed by atoms with Gasteiger partial charge in [0.25, 0.3) is 0 Å². The molecule has 0 aliphatic rings. The minimum atomic E-state index is -4.47. The number of nitrogens with zero attached hydrogens (tertiary/aromatic N) is 7. The number of benzene rings is 2. The molecule has 0 spiro atoms. The molecular formula is C26H20F3N9O. The molecule has 3 aromatic heterocycles. The first-order valence-electron chi connectivity index (χ1n) is 11.6. The second-order valence-corrected chi connectivity index (χ2v) is 8.32. The van der Waals surface area contributed by atoms with Crippen molar-refractivity contribution < 1.29 is 17.9 Å². The average Bonchev–Trinajstić information content (AvgIpc) is 3.49. The van der Waals surface area contributed by atoms with E-state index in [2.05, 4.69) is 41.7 Å². The molecule has 0 bridgehead atoms. The van der Waals surface area contributed by atoms with E-state index < -0.39 is 12.7 Å². The zero-order valence-corrected chi connectivity index (χ0v) is 20.4. The maximum Gasteiger partial charge on any atom is 0.405 e. The maximum absolute atomic E-state index is 13.1. The summed E-state index contributed by atoms with van der Waals surface area (Å²) in [5.41, 5.74) is 3.56. The van der Waals surface area contributed by atoms with Gasteiger partial charge in [-0.2, -0.15) is 28.5 Å². The van der Waals surface area contributed by atoms with E-state index in [4.69, 9.17) is 4.74 Å². The number of hydrogen-bond donors (Lipinski definition) is 2. The Labute approximate surface area is 220 Å². The summed E-state index contributed by atoms with van der Waals surface area (Å²) < 4.78 is 46.0. The number of methoxy groups -OCH3 is 1. The molecule has 10 nitrogen and oxygen atoms in total. The molecule has 0 atom stereocenters. The van der Waals surface area contributed by atoms with Gasteiger partial charge < -0.3 is 15.4 Å². The van der Waals surface area contributed by atoms with E-state index in [0.717, 1.165) is 11.3 Å². The number of ether oxygens (including phenoxy) is 1. The van der Waals surface area contributed by atoms with Crippen molar-refractivity contribution in [2.75, 3.05) is 24.3 Å². The minimum Gasteiger partial charge on any atom is -0.495 e. The zero-order chi connectivity index (χ0) is 27.4. The lowest BCUT2D eigenvalue weighted by Crippen LogP contribution is -2.22. The van der Waals surface area contributed by atoms with Crippen molar-refractivity contribution in [2.24, 2.45) is 0 Å². The third kappa shape index (κ3) is 5.85. The van der Waals surface area contributed by atoms with E-state index in [1.807, 2.05) is 24.3 Å². The van der Waals surface area contributed by atoms with Crippen LogP contribution in [0.5, 0.6) is 5.75 Å². The van der Waals surface area contributed by atoms with Gasteiger partial charge in [0, 0.05) is 12.1 Å². The van der Waals surface area contributed by atoms with E-state index in [-0.39, 0.29) is 17.3 Å². The Bertz CT molecular complexity index is 1650. The summed E-state index contributed by atoms with van der Waals surface area (Å²) >= 11 is 0. The van der Waals surface area contributed by atoms with Crippen LogP contribution in [-0.2, 0) is 6.54 Å². The fourth-order valence-electron chi connectivity index (χ4n) is 3.81. The van der Waals surface area contributed by atoms with Crippen LogP contribution in [0.25, 0.3) is 28.0 Å². The Morgan fingerprint density at radius 2 is 1.82 bits per heavy atom. The van der Waals surface area contributed by atoms with E-state index in [0.29, 0.717) is 34.6 Å². The van der Waals surface area contributed by atoms with E-state index in [1.54, 1.807) is 41.3 Å². The Hall–Kier alpha value is -5.25. The number of nitrogens with one attached hydrogen (secondary N) is 2. The molecule has 39 heavy (non-hydrogen) atoms. The SMILES string of the molecule is COc1ccc(-c2ccc3nc(NCc4ccc(-n5cncn5)cc4)nc(NCC(F)(F)F)c3n2)cc1C#N. The van der Waals surface area contributed by atoms with Gasteiger partial charge in [0.05, 0.1) is 29.6 Å². The van der Waals surface area contributed by atoms with Crippen LogP contribution in [0.1, 0.15) is 11.1 Å². The van der Waals surface area contributed by atoms with Crippen molar-refractivity contribution >= 4 is 22.8 Å². The largest absolute Gasteiger partial charge is 0.495 e. The number of halogens is 3. The van der Waals surface area contributed by atoms with Crippen LogP contribution < -0.4 is 15.4 Å². The lowest BCUT2D eigenvalue weighted by atomic mass is 10.1. The summed E-state index contributed by atoms with van der Waals surface area (Å²) in [5, 5.41) is 18.9. The average molecular weight is 532 g/mol. The Balaban J connectivity index is 1.44. The van der Waals surface area contributed by atoms with Gasteiger partial charge in [-0.3, -0.25) is 0 Å². The lowest BCUT2D eigenvalue weighted by Gasteiger charge is -2.14. The molecule has 0 aliphatic heterocycles. The van der Waals surface area contributed by atoms with Gasteiger partial charge in [0.2, 0.25) is 5.95 Å². The molecule has 196 valence electrons. The molecule has 2 aromatic carbocycles. The van der Waals surface area contributed by atoms with Crippen LogP contribution in [0, 0.1) is 11.3 Å². The Morgan fingerprint density at radius 3 is 2.51 bits per heavy atom. The third-order valence-corrected chi connectivity index (χ3v) is 5.68. The van der Waals surface area contributed by atoms with Crippen LogP contribution >= 0.6 is 0 Å². The summed E-state index contributed by atoms with van der Waals surface area (Å²) in [6.07, 6.45) is -1.44. The molecule has 0 aliphatic carbocycles. The monoisotopic (exact) mass is 531 g/mol. The first kappa shape index (κ1) is 25.4. The van der Waals surface area contributed by atoms with Crippen molar-refractivity contribution in [1.82, 2.24) is 29.7 Å². The number of fused-ring (bicyclic) bond motifs is 1. The molecule has 2 N–H and O–H groups in total. The Morgan fingerprint density at radius 1 is 1.00 bits per heavy atom. The smallest absolute Gasteiger partial charge is 0.405 e. The standard InChI is InChI=1S/C26H20F3N9O/c1-39-22-9-4-17(10-18(22)11-30)20-7-8-21-23(35-20)24(33-13-26(27,28)29)37-25(36-21)32-12-16-2-5-19(6-3-16)38-15-31-14-34-38/h2-10,14-15H,12-13H2,1H3,(H2,32,33,36,37). The summed E-state index contributed by atoms with van der Waals surface area (Å²) in [5.74, 6) is 0.470. The Kier molecular flexibility index (Phi) is 6.92. The normalized spacial score (nSPS) is 11.3. The van der Waals surface area contributed by atoms with Crippen molar-refractivity contribution in [1.29, 1.82) is 5.26 Å². The highest BCUT2D eigenvalue weighted by Gasteiger charge is 2.27. The quantitative estimate of drug-likeness (QED) is 0.292. The highest BCUT2D eigenvalue weighted by atomic mass is 19.4. The molecule has 5 rings (SSSR count). The van der Waals surface area contributed by atoms with Gasteiger partial charge in [-0.1, -0.05) is 12.1 Å². The first-order chi connectivity index (χ1) is 18.8. The highest BCUT2D eigenvalue weighted by molar-refractivity contribution is 5.88. The second kappa shape index (κ2) is 10.6. The first-order valence-corrected chi connectivity index (χ1v) is 11.6. The molecule has 5 aromatic rings. The van der Waals surface area contributed by atoms with Gasteiger partial charge >= 0.3 is 6.18 Å². The fourth-order valence-corrected chi connectivity index (χ4v) is 3.81. The number of pyridine rings is 1. The third-order valence-electron chi connectivity index (χ3n) is 5.68. The van der Waals surface area contributed by atoms with Crippen molar-refractivity contribution in [3.8, 4) is 28.8 Å². The van der Waals surface area contributed by atoms with Crippen LogP contribution in [0.2, 0.25) is 0 Å². The molecule has 13 heteroatoms. The summed E-state index contributed by atoms with van der Waals surface area (Å²) in [4.78, 5) is 17.2. The lowest BCUT2D eigenvalue weighted by molar-refractivity contribution is -0.115. The summed E-state index contributed by atoms with van der Waals surface area (Å²) in [7, 11) is 1.46. The number of alkyl halides is 3. The van der Waals surface area contributed by atoms with E-state index in [9.17, 15) is 18.4 Å². The number of aromatic nitrogens is 6. The fraction of sp³-hybridized carbons (Fsp3) is 0.154. The molecule has 0 fully saturated rings. The molecule has 0 amide bonds. The van der Waals surface area contributed by atoms with Crippen LogP contribution in [0.3, 0.4) is 0 Å². The predicted octanol–water partition coefficient (Wildman–Crippen LogP) is 4.74. The molecular weight excluding hydrogens is 511 g/mol. The number of anilines is 2. The topological polar surface area (TPSA) is 126 Å². The summed E-state index contributed by atoms with van der Waals surface area (Å²) in [6, 6.07) is 17.8. The van der Waals surface area contributed by atoms with Crippen molar-refractivity contribution in [3.05, 3.63) is 78.4 Å². The van der Waals surface area contributed by atoms with E-state index >= 15 is 0 Å². The molecule has 0 unspecified atom stereocenters. The van der Waals surface area contributed by atoms with Crippen LogP contribution in [0.15, 0.2) is 67.3 Å². The molecule has 0 saturated carbocycles. The zero-order valence-electron chi connectivity index (χ0n) is 20.4. The predicted molar refractivity (Wildman–Crippen MR) is 137 cm³/mol. The summed E-state index contributed by atoms with van der Waals surface area (Å²) in [6.45, 7) is -0.967. The highest BCUT2D eigenvalue weighted by Crippen LogP contribution is 2.29. The van der Waals surface area contributed by atoms with Crippen molar-refractivity contribution in [2.45, 2.75) is 12.7 Å². The number of rotatable bonds is 8. The van der Waals surface area contributed by atoms with Gasteiger partial charge in [-0.25, -0.2) is 19.6 Å². The van der Waals surface area contributed by atoms with Gasteiger partial charge in [0.1, 0.15) is 36.5 Å². The van der Waals surface area contributed by atoms with Crippen LogP contribution in [0.4, 0.5) is 24.9 Å². The van der Waals surface area contributed by atoms with Crippen LogP contribution in [-0.4, -0.2) is 49.5 Å². The molecule has 0 radical (unpaired) electrons. The molecule has 3 heterocycles. The second-order valence-electron chi connectivity index (χ2n) is 8.32. The van der Waals surface area contributed by atoms with E-state index in [1.165, 1.54) is 13.4 Å². The van der Waals surface area contributed by atoms with Gasteiger partial charge in [0.15, 0.2) is 5.82 Å². The number of hydrogen-bond acceptors (Lipinski definition) is 9. The minimum absolute atomic E-state index is 0.0720. The van der Waals surface area contributed by atoms with Crippen molar-refractivity contribution in [3.63, 3.8) is 0 Å². The van der Waals surface area contributed by atoms with Gasteiger partial charge in [-0.05, 0) is 48.0 Å². The van der Waals surface area contributed by atoms with Gasteiger partial charge in [-0.15, -0.1) is 0 Å².